The van der Waals surface area contributed by atoms with Gasteiger partial charge >= 0.3 is 12.1 Å². The summed E-state index contributed by atoms with van der Waals surface area (Å²) >= 11 is 0. The van der Waals surface area contributed by atoms with Crippen molar-refractivity contribution >= 4 is 23.9 Å². The van der Waals surface area contributed by atoms with Crippen LogP contribution in [-0.2, 0) is 23.9 Å². The van der Waals surface area contributed by atoms with E-state index in [2.05, 4.69) is 27.2 Å². The van der Waals surface area contributed by atoms with E-state index in [0.717, 1.165) is 0 Å². The lowest BCUT2D eigenvalue weighted by atomic mass is 10.1. The molecule has 1 saturated heterocycles. The third kappa shape index (κ3) is 7.47. The first kappa shape index (κ1) is 23.3. The van der Waals surface area contributed by atoms with Crippen LogP contribution in [0.5, 0.6) is 0 Å². The van der Waals surface area contributed by atoms with Crippen LogP contribution in [0.25, 0.3) is 0 Å². The van der Waals surface area contributed by atoms with Crippen molar-refractivity contribution in [3.63, 3.8) is 0 Å². The number of carbonyl (C=O) groups is 4. The predicted octanol–water partition coefficient (Wildman–Crippen LogP) is 0.573. The molecule has 1 fully saturated rings. The summed E-state index contributed by atoms with van der Waals surface area (Å²) in [5.41, 5.74) is -0.710. The Morgan fingerprint density at radius 1 is 1.25 bits per heavy atom. The number of hydrogen-bond donors (Lipinski definition) is 2. The van der Waals surface area contributed by atoms with Gasteiger partial charge in [-0.2, -0.15) is 0 Å². The summed E-state index contributed by atoms with van der Waals surface area (Å²) in [4.78, 5) is 50.1. The van der Waals surface area contributed by atoms with Crippen molar-refractivity contribution in [3.8, 4) is 11.8 Å². The Balaban J connectivity index is 2.84. The molecule has 0 spiro atoms. The van der Waals surface area contributed by atoms with E-state index in [-0.39, 0.29) is 13.0 Å². The topological polar surface area (TPSA) is 114 Å². The molecule has 0 radical (unpaired) electrons. The van der Waals surface area contributed by atoms with Crippen LogP contribution in [0.1, 0.15) is 47.0 Å². The van der Waals surface area contributed by atoms with Gasteiger partial charge in [-0.3, -0.25) is 14.4 Å². The highest BCUT2D eigenvalue weighted by Crippen LogP contribution is 2.19. The van der Waals surface area contributed by atoms with Gasteiger partial charge in [-0.05, 0) is 40.5 Å². The molecule has 1 rings (SSSR count). The van der Waals surface area contributed by atoms with Crippen molar-refractivity contribution in [2.75, 3.05) is 20.2 Å². The number of ether oxygens (including phenoxy) is 2. The van der Waals surface area contributed by atoms with Gasteiger partial charge in [0.25, 0.3) is 0 Å². The lowest BCUT2D eigenvalue weighted by Crippen LogP contribution is -2.54. The standard InChI is InChI=1S/C19H29N3O6/c1-6-7-9-13(21-18(26)28-19(2,3)4)17(25)22-11-8-10-14(22)16(24)20-12-15(23)27-5/h13-14H,8-12H2,1-5H3,(H,20,24)(H,21,26)/t13-,14-/m0/s1. The lowest BCUT2D eigenvalue weighted by molar-refractivity contribution is -0.143. The van der Waals surface area contributed by atoms with Crippen molar-refractivity contribution < 1.29 is 28.7 Å². The van der Waals surface area contributed by atoms with E-state index in [0.29, 0.717) is 19.4 Å². The number of likely N-dealkylation sites (tertiary alicyclic amines) is 1. The SMILES string of the molecule is CC#CC[C@H](NC(=O)OC(C)(C)C)C(=O)N1CCC[C@H]1C(=O)NCC(=O)OC. The lowest BCUT2D eigenvalue weighted by Gasteiger charge is -2.28. The summed E-state index contributed by atoms with van der Waals surface area (Å²) in [6.07, 6.45) is 0.481. The number of carbonyl (C=O) groups excluding carboxylic acids is 4. The normalized spacial score (nSPS) is 17.0. The summed E-state index contributed by atoms with van der Waals surface area (Å²) in [7, 11) is 1.22. The maximum absolute atomic E-state index is 13.0. The molecule has 0 aromatic rings. The molecule has 0 saturated carbocycles. The van der Waals surface area contributed by atoms with Crippen LogP contribution in [-0.4, -0.2) is 66.7 Å². The van der Waals surface area contributed by atoms with E-state index in [9.17, 15) is 19.2 Å². The fourth-order valence-corrected chi connectivity index (χ4v) is 2.71. The van der Waals surface area contributed by atoms with Gasteiger partial charge in [0.15, 0.2) is 0 Å². The zero-order valence-corrected chi connectivity index (χ0v) is 17.1. The van der Waals surface area contributed by atoms with Crippen LogP contribution in [0.2, 0.25) is 0 Å². The molecule has 0 bridgehead atoms. The second-order valence-corrected chi connectivity index (χ2v) is 7.31. The molecule has 1 aliphatic rings. The van der Waals surface area contributed by atoms with Crippen LogP contribution in [0, 0.1) is 11.8 Å². The molecule has 28 heavy (non-hydrogen) atoms. The minimum Gasteiger partial charge on any atom is -0.468 e. The van der Waals surface area contributed by atoms with Gasteiger partial charge in [-0.1, -0.05) is 0 Å². The number of nitrogens with zero attached hydrogens (tertiary/aromatic N) is 1. The highest BCUT2D eigenvalue weighted by Gasteiger charge is 2.38. The largest absolute Gasteiger partial charge is 0.468 e. The zero-order chi connectivity index (χ0) is 21.3. The second kappa shape index (κ2) is 10.5. The van der Waals surface area contributed by atoms with Crippen molar-refractivity contribution in [2.45, 2.75) is 64.6 Å². The molecule has 0 aromatic heterocycles. The average Bonchev–Trinajstić information content (AvgIpc) is 3.10. The molecular formula is C19H29N3O6. The van der Waals surface area contributed by atoms with Crippen LogP contribution >= 0.6 is 0 Å². The fraction of sp³-hybridized carbons (Fsp3) is 0.684. The highest BCUT2D eigenvalue weighted by atomic mass is 16.6. The molecule has 0 aliphatic carbocycles. The van der Waals surface area contributed by atoms with Gasteiger partial charge in [0.05, 0.1) is 7.11 Å². The summed E-state index contributed by atoms with van der Waals surface area (Å²) in [5, 5.41) is 5.01. The highest BCUT2D eigenvalue weighted by molar-refractivity contribution is 5.93. The number of alkyl carbamates (subject to hydrolysis) is 1. The minimum absolute atomic E-state index is 0.0988. The molecule has 2 N–H and O–H groups in total. The Kier molecular flexibility index (Phi) is 8.76. The molecular weight excluding hydrogens is 366 g/mol. The van der Waals surface area contributed by atoms with Gasteiger partial charge in [-0.25, -0.2) is 4.79 Å². The van der Waals surface area contributed by atoms with E-state index in [1.807, 2.05) is 0 Å². The summed E-state index contributed by atoms with van der Waals surface area (Å²) < 4.78 is 9.71. The van der Waals surface area contributed by atoms with Crippen molar-refractivity contribution in [3.05, 3.63) is 0 Å². The average molecular weight is 395 g/mol. The molecule has 9 nitrogen and oxygen atoms in total. The Morgan fingerprint density at radius 2 is 1.93 bits per heavy atom. The summed E-state index contributed by atoms with van der Waals surface area (Å²) in [5.74, 6) is 4.05. The molecule has 1 heterocycles. The van der Waals surface area contributed by atoms with E-state index in [4.69, 9.17) is 4.74 Å². The smallest absolute Gasteiger partial charge is 0.408 e. The number of hydrogen-bond acceptors (Lipinski definition) is 6. The molecule has 2 atom stereocenters. The van der Waals surface area contributed by atoms with E-state index >= 15 is 0 Å². The van der Waals surface area contributed by atoms with Crippen molar-refractivity contribution in [1.82, 2.24) is 15.5 Å². The van der Waals surface area contributed by atoms with Crippen LogP contribution < -0.4 is 10.6 Å². The fourth-order valence-electron chi connectivity index (χ4n) is 2.71. The number of rotatable bonds is 6. The van der Waals surface area contributed by atoms with E-state index in [1.165, 1.54) is 12.0 Å². The Hall–Kier alpha value is -2.76. The molecule has 1 aliphatic heterocycles. The maximum Gasteiger partial charge on any atom is 0.408 e. The predicted molar refractivity (Wildman–Crippen MR) is 101 cm³/mol. The van der Waals surface area contributed by atoms with Gasteiger partial charge in [0.1, 0.15) is 24.2 Å². The zero-order valence-electron chi connectivity index (χ0n) is 17.1. The molecule has 156 valence electrons. The Labute approximate surface area is 165 Å². The molecule has 3 amide bonds. The first-order valence-electron chi connectivity index (χ1n) is 9.13. The molecule has 0 aromatic carbocycles. The number of esters is 1. The molecule has 0 unspecified atom stereocenters. The maximum atomic E-state index is 13.0. The van der Waals surface area contributed by atoms with Crippen LogP contribution in [0.15, 0.2) is 0 Å². The number of amides is 3. The van der Waals surface area contributed by atoms with Crippen molar-refractivity contribution in [2.24, 2.45) is 0 Å². The molecule has 9 heteroatoms. The van der Waals surface area contributed by atoms with Gasteiger partial charge < -0.3 is 25.0 Å². The minimum atomic E-state index is -0.934. The Morgan fingerprint density at radius 3 is 2.50 bits per heavy atom. The Bertz CT molecular complexity index is 659. The first-order valence-corrected chi connectivity index (χ1v) is 9.13. The van der Waals surface area contributed by atoms with Crippen LogP contribution in [0.3, 0.4) is 0 Å². The van der Waals surface area contributed by atoms with E-state index in [1.54, 1.807) is 27.7 Å². The summed E-state index contributed by atoms with van der Waals surface area (Å²) in [6.45, 7) is 6.90. The van der Waals surface area contributed by atoms with Crippen molar-refractivity contribution in [1.29, 1.82) is 0 Å². The third-order valence-electron chi connectivity index (χ3n) is 3.95. The quantitative estimate of drug-likeness (QED) is 0.502. The summed E-state index contributed by atoms with van der Waals surface area (Å²) in [6, 6.07) is -1.65. The van der Waals surface area contributed by atoms with Gasteiger partial charge in [-0.15, -0.1) is 11.8 Å². The van der Waals surface area contributed by atoms with Gasteiger partial charge in [0.2, 0.25) is 11.8 Å². The first-order chi connectivity index (χ1) is 13.1. The third-order valence-corrected chi connectivity index (χ3v) is 3.95. The van der Waals surface area contributed by atoms with Crippen LogP contribution in [0.4, 0.5) is 4.79 Å². The number of nitrogens with one attached hydrogen (secondary N) is 2. The monoisotopic (exact) mass is 395 g/mol. The van der Waals surface area contributed by atoms with Gasteiger partial charge in [0, 0.05) is 13.0 Å². The second-order valence-electron chi connectivity index (χ2n) is 7.31. The van der Waals surface area contributed by atoms with E-state index < -0.39 is 41.6 Å². The number of methoxy groups -OCH3 is 1.